The Bertz CT molecular complexity index is 542. The van der Waals surface area contributed by atoms with Crippen molar-refractivity contribution in [1.82, 2.24) is 5.32 Å². The monoisotopic (exact) mass is 319 g/mol. The van der Waals surface area contributed by atoms with Gasteiger partial charge in [-0.1, -0.05) is 6.92 Å². The fraction of sp³-hybridized carbons (Fsp3) is 0.429. The van der Waals surface area contributed by atoms with Gasteiger partial charge in [-0.2, -0.15) is 13.2 Å². The molecular formula is C14H16F3NO4. The Balaban J connectivity index is 2.59. The average Bonchev–Trinajstić information content (AvgIpc) is 2.44. The number of alkyl halides is 3. The summed E-state index contributed by atoms with van der Waals surface area (Å²) in [7, 11) is 0. The van der Waals surface area contributed by atoms with Gasteiger partial charge in [-0.3, -0.25) is 4.79 Å². The van der Waals surface area contributed by atoms with Gasteiger partial charge in [0.25, 0.3) is 5.91 Å². The van der Waals surface area contributed by atoms with Crippen molar-refractivity contribution in [3.8, 4) is 5.75 Å². The molecule has 1 aromatic carbocycles. The second kappa shape index (κ2) is 6.67. The van der Waals surface area contributed by atoms with Gasteiger partial charge in [0, 0.05) is 0 Å². The first-order chi connectivity index (χ1) is 10.1. The lowest BCUT2D eigenvalue weighted by Gasteiger charge is -2.24. The molecule has 1 amide bonds. The third-order valence-corrected chi connectivity index (χ3v) is 3.15. The van der Waals surface area contributed by atoms with E-state index < -0.39 is 35.8 Å². The Kier molecular flexibility index (Phi) is 5.40. The molecule has 0 heterocycles. The molecule has 0 aliphatic carbocycles. The zero-order valence-corrected chi connectivity index (χ0v) is 12.0. The molecule has 122 valence electrons. The number of aliphatic carboxylic acids is 1. The van der Waals surface area contributed by atoms with Crippen LogP contribution in [0.1, 0.15) is 25.8 Å². The molecule has 2 N–H and O–H groups in total. The summed E-state index contributed by atoms with van der Waals surface area (Å²) >= 11 is 0. The third-order valence-electron chi connectivity index (χ3n) is 3.15. The van der Waals surface area contributed by atoms with Gasteiger partial charge < -0.3 is 15.2 Å². The van der Waals surface area contributed by atoms with Crippen LogP contribution in [0, 0.1) is 0 Å². The van der Waals surface area contributed by atoms with Crippen molar-refractivity contribution < 1.29 is 32.6 Å². The number of halogens is 3. The summed E-state index contributed by atoms with van der Waals surface area (Å²) in [6.07, 6.45) is -4.27. The van der Waals surface area contributed by atoms with Crippen molar-refractivity contribution in [2.45, 2.75) is 32.0 Å². The van der Waals surface area contributed by atoms with Gasteiger partial charge in [0.2, 0.25) is 0 Å². The number of carbonyl (C=O) groups excluding carboxylic acids is 1. The standard InChI is InChI=1S/C14H16F3NO4/c1-3-13(2,12(20)21)18-11(19)8-22-10-6-4-9(5-7-10)14(15,16)17/h4-7H,3,8H2,1-2H3,(H,18,19)(H,20,21). The Labute approximate surface area is 125 Å². The van der Waals surface area contributed by atoms with Crippen LogP contribution in [0.3, 0.4) is 0 Å². The largest absolute Gasteiger partial charge is 0.484 e. The minimum atomic E-state index is -4.44. The highest BCUT2D eigenvalue weighted by molar-refractivity contribution is 5.87. The number of benzene rings is 1. The van der Waals surface area contributed by atoms with Crippen LogP contribution in [0.4, 0.5) is 13.2 Å². The number of carboxylic acid groups (broad SMARTS) is 1. The Morgan fingerprint density at radius 2 is 1.77 bits per heavy atom. The molecular weight excluding hydrogens is 303 g/mol. The van der Waals surface area contributed by atoms with Gasteiger partial charge in [-0.25, -0.2) is 4.79 Å². The molecule has 1 atom stereocenters. The van der Waals surface area contributed by atoms with Crippen LogP contribution in [0.5, 0.6) is 5.75 Å². The predicted molar refractivity (Wildman–Crippen MR) is 71.4 cm³/mol. The fourth-order valence-corrected chi connectivity index (χ4v) is 1.53. The van der Waals surface area contributed by atoms with Crippen molar-refractivity contribution in [1.29, 1.82) is 0 Å². The first-order valence-corrected chi connectivity index (χ1v) is 6.43. The SMILES string of the molecule is CCC(C)(NC(=O)COc1ccc(C(F)(F)F)cc1)C(=O)O. The highest BCUT2D eigenvalue weighted by Crippen LogP contribution is 2.30. The third kappa shape index (κ3) is 4.64. The summed E-state index contributed by atoms with van der Waals surface area (Å²) in [6.45, 7) is 2.46. The first-order valence-electron chi connectivity index (χ1n) is 6.43. The van der Waals surface area contributed by atoms with E-state index in [0.717, 1.165) is 24.3 Å². The second-order valence-electron chi connectivity index (χ2n) is 4.85. The summed E-state index contributed by atoms with van der Waals surface area (Å²) in [5.41, 5.74) is -2.24. The van der Waals surface area contributed by atoms with Gasteiger partial charge >= 0.3 is 12.1 Å². The second-order valence-corrected chi connectivity index (χ2v) is 4.85. The van der Waals surface area contributed by atoms with E-state index in [1.807, 2.05) is 0 Å². The van der Waals surface area contributed by atoms with Gasteiger partial charge in [-0.15, -0.1) is 0 Å². The molecule has 1 rings (SSSR count). The maximum absolute atomic E-state index is 12.4. The number of nitrogens with one attached hydrogen (secondary N) is 1. The predicted octanol–water partition coefficient (Wildman–Crippen LogP) is 2.45. The van der Waals surface area contributed by atoms with Crippen LogP contribution in [-0.2, 0) is 15.8 Å². The maximum atomic E-state index is 12.4. The smallest absolute Gasteiger partial charge is 0.416 e. The fourth-order valence-electron chi connectivity index (χ4n) is 1.53. The summed E-state index contributed by atoms with van der Waals surface area (Å²) < 4.78 is 42.2. The Morgan fingerprint density at radius 1 is 1.23 bits per heavy atom. The van der Waals surface area contributed by atoms with Crippen LogP contribution in [-0.4, -0.2) is 29.1 Å². The molecule has 0 aliphatic heterocycles. The first kappa shape index (κ1) is 17.8. The molecule has 0 aliphatic rings. The molecule has 0 fully saturated rings. The number of amides is 1. The van der Waals surface area contributed by atoms with E-state index in [9.17, 15) is 22.8 Å². The molecule has 0 radical (unpaired) electrons. The lowest BCUT2D eigenvalue weighted by atomic mass is 9.99. The van der Waals surface area contributed by atoms with Crippen LogP contribution in [0.2, 0.25) is 0 Å². The van der Waals surface area contributed by atoms with E-state index in [4.69, 9.17) is 9.84 Å². The average molecular weight is 319 g/mol. The molecule has 22 heavy (non-hydrogen) atoms. The normalized spacial score (nSPS) is 14.0. The zero-order valence-electron chi connectivity index (χ0n) is 12.0. The highest BCUT2D eigenvalue weighted by Gasteiger charge is 2.33. The summed E-state index contributed by atoms with van der Waals surface area (Å²) in [4.78, 5) is 22.7. The van der Waals surface area contributed by atoms with Gasteiger partial charge in [0.1, 0.15) is 11.3 Å². The van der Waals surface area contributed by atoms with E-state index in [2.05, 4.69) is 5.32 Å². The minimum Gasteiger partial charge on any atom is -0.484 e. The molecule has 0 saturated carbocycles. The van der Waals surface area contributed by atoms with Crippen LogP contribution < -0.4 is 10.1 Å². The number of carbonyl (C=O) groups is 2. The molecule has 0 aromatic heterocycles. The number of carboxylic acids is 1. The Hall–Kier alpha value is -2.25. The van der Waals surface area contributed by atoms with Gasteiger partial charge in [0.15, 0.2) is 6.61 Å². The Morgan fingerprint density at radius 3 is 2.18 bits per heavy atom. The number of hydrogen-bond donors (Lipinski definition) is 2. The molecule has 0 bridgehead atoms. The molecule has 1 aromatic rings. The molecule has 5 nitrogen and oxygen atoms in total. The summed E-state index contributed by atoms with van der Waals surface area (Å²) in [5.74, 6) is -1.78. The van der Waals surface area contributed by atoms with Crippen molar-refractivity contribution in [3.05, 3.63) is 29.8 Å². The zero-order chi connectivity index (χ0) is 17.0. The van der Waals surface area contributed by atoms with E-state index in [-0.39, 0.29) is 12.2 Å². The molecule has 1 unspecified atom stereocenters. The van der Waals surface area contributed by atoms with E-state index in [1.165, 1.54) is 6.92 Å². The van der Waals surface area contributed by atoms with Gasteiger partial charge in [0.05, 0.1) is 5.56 Å². The number of hydrogen-bond acceptors (Lipinski definition) is 3. The van der Waals surface area contributed by atoms with E-state index in [0.29, 0.717) is 0 Å². The van der Waals surface area contributed by atoms with E-state index in [1.54, 1.807) is 6.92 Å². The van der Waals surface area contributed by atoms with Gasteiger partial charge in [-0.05, 0) is 37.6 Å². The van der Waals surface area contributed by atoms with Crippen LogP contribution in [0.15, 0.2) is 24.3 Å². The number of ether oxygens (including phenoxy) is 1. The topological polar surface area (TPSA) is 75.6 Å². The minimum absolute atomic E-state index is 0.0803. The lowest BCUT2D eigenvalue weighted by Crippen LogP contribution is -2.53. The molecule has 0 saturated heterocycles. The van der Waals surface area contributed by atoms with E-state index >= 15 is 0 Å². The quantitative estimate of drug-likeness (QED) is 0.844. The highest BCUT2D eigenvalue weighted by atomic mass is 19.4. The van der Waals surface area contributed by atoms with Crippen molar-refractivity contribution in [2.24, 2.45) is 0 Å². The molecule has 0 spiro atoms. The summed E-state index contributed by atoms with van der Waals surface area (Å²) in [5, 5.41) is 11.3. The summed E-state index contributed by atoms with van der Waals surface area (Å²) in [6, 6.07) is 3.85. The maximum Gasteiger partial charge on any atom is 0.416 e. The number of rotatable bonds is 6. The van der Waals surface area contributed by atoms with Crippen molar-refractivity contribution in [3.63, 3.8) is 0 Å². The van der Waals surface area contributed by atoms with Crippen LogP contribution in [0.25, 0.3) is 0 Å². The van der Waals surface area contributed by atoms with Crippen molar-refractivity contribution in [2.75, 3.05) is 6.61 Å². The molecule has 8 heteroatoms. The lowest BCUT2D eigenvalue weighted by molar-refractivity contribution is -0.147. The van der Waals surface area contributed by atoms with Crippen LogP contribution >= 0.6 is 0 Å². The van der Waals surface area contributed by atoms with Crippen molar-refractivity contribution >= 4 is 11.9 Å².